The van der Waals surface area contributed by atoms with Gasteiger partial charge in [-0.05, 0) is 49.2 Å². The van der Waals surface area contributed by atoms with Crippen LogP contribution in [0.5, 0.6) is 5.75 Å². The molecule has 1 fully saturated rings. The lowest BCUT2D eigenvalue weighted by molar-refractivity contribution is -0.123. The molecular formula is C23H26N4O5S. The Morgan fingerprint density at radius 3 is 2.67 bits per heavy atom. The molecule has 0 aliphatic carbocycles. The number of amides is 1. The van der Waals surface area contributed by atoms with Crippen molar-refractivity contribution in [1.82, 2.24) is 10.1 Å². The molecule has 10 heteroatoms. The van der Waals surface area contributed by atoms with Crippen LogP contribution in [0.15, 0.2) is 53.1 Å². The lowest BCUT2D eigenvalue weighted by Gasteiger charge is -2.20. The average molecular weight is 471 g/mol. The van der Waals surface area contributed by atoms with Gasteiger partial charge in [-0.25, -0.2) is 8.42 Å². The number of aryl methyl sites for hydroxylation is 1. The van der Waals surface area contributed by atoms with E-state index in [0.717, 1.165) is 12.0 Å². The number of nitrogens with zero attached hydrogens (tertiary/aromatic N) is 3. The molecule has 2 aromatic carbocycles. The molecule has 1 amide bonds. The Balaban J connectivity index is 1.44. The minimum atomic E-state index is -3.24. The molecule has 1 aromatic heterocycles. The summed E-state index contributed by atoms with van der Waals surface area (Å²) in [7, 11) is -3.24. The molecular weight excluding hydrogens is 444 g/mol. The summed E-state index contributed by atoms with van der Waals surface area (Å²) in [6.07, 6.45) is 1.20. The first kappa shape index (κ1) is 22.8. The number of sulfonamides is 1. The molecule has 0 bridgehead atoms. The molecule has 33 heavy (non-hydrogen) atoms. The second kappa shape index (κ2) is 9.62. The summed E-state index contributed by atoms with van der Waals surface area (Å²) < 4.78 is 36.6. The predicted molar refractivity (Wildman–Crippen MR) is 125 cm³/mol. The number of anilines is 2. The summed E-state index contributed by atoms with van der Waals surface area (Å²) in [6, 6.07) is 14.0. The van der Waals surface area contributed by atoms with E-state index in [-0.39, 0.29) is 11.7 Å². The van der Waals surface area contributed by atoms with Crippen LogP contribution in [0.1, 0.15) is 32.1 Å². The van der Waals surface area contributed by atoms with Crippen molar-refractivity contribution in [2.45, 2.75) is 39.2 Å². The molecule has 1 aliphatic rings. The third-order valence-electron chi connectivity index (χ3n) is 5.26. The van der Waals surface area contributed by atoms with Crippen LogP contribution >= 0.6 is 0 Å². The van der Waals surface area contributed by atoms with E-state index in [0.29, 0.717) is 48.2 Å². The first-order chi connectivity index (χ1) is 15.9. The van der Waals surface area contributed by atoms with Gasteiger partial charge in [0.25, 0.3) is 5.91 Å². The number of rotatable bonds is 8. The van der Waals surface area contributed by atoms with E-state index in [1.807, 2.05) is 19.1 Å². The SMILES string of the molecule is CCCC(Oc1cccc(-c2noc(C)n2)c1)C(=O)Nc1ccc(N2CCCS2(=O)=O)cc1. The summed E-state index contributed by atoms with van der Waals surface area (Å²) in [4.78, 5) is 17.1. The predicted octanol–water partition coefficient (Wildman–Crippen LogP) is 3.77. The van der Waals surface area contributed by atoms with Crippen molar-refractivity contribution in [3.8, 4) is 17.1 Å². The highest BCUT2D eigenvalue weighted by molar-refractivity contribution is 7.93. The second-order valence-electron chi connectivity index (χ2n) is 7.84. The topological polar surface area (TPSA) is 115 Å². The third-order valence-corrected chi connectivity index (χ3v) is 7.13. The molecule has 1 N–H and O–H groups in total. The zero-order valence-corrected chi connectivity index (χ0v) is 19.3. The zero-order chi connectivity index (χ0) is 23.4. The lowest BCUT2D eigenvalue weighted by atomic mass is 10.1. The van der Waals surface area contributed by atoms with Gasteiger partial charge < -0.3 is 14.6 Å². The van der Waals surface area contributed by atoms with Gasteiger partial charge in [0, 0.05) is 24.7 Å². The van der Waals surface area contributed by atoms with Gasteiger partial charge in [0.05, 0.1) is 11.4 Å². The molecule has 4 rings (SSSR count). The van der Waals surface area contributed by atoms with E-state index in [9.17, 15) is 13.2 Å². The quantitative estimate of drug-likeness (QED) is 0.533. The van der Waals surface area contributed by atoms with Crippen molar-refractivity contribution in [3.63, 3.8) is 0 Å². The molecule has 0 saturated carbocycles. The van der Waals surface area contributed by atoms with Crippen molar-refractivity contribution in [2.75, 3.05) is 21.9 Å². The van der Waals surface area contributed by atoms with Gasteiger partial charge in [0.15, 0.2) is 6.10 Å². The Kier molecular flexibility index (Phi) is 6.64. The fourth-order valence-electron chi connectivity index (χ4n) is 3.66. The highest BCUT2D eigenvalue weighted by atomic mass is 32.2. The Morgan fingerprint density at radius 2 is 2.03 bits per heavy atom. The van der Waals surface area contributed by atoms with Gasteiger partial charge in [0.2, 0.25) is 21.7 Å². The Bertz CT molecular complexity index is 1220. The molecule has 1 unspecified atom stereocenters. The molecule has 3 aromatic rings. The minimum absolute atomic E-state index is 0.162. The lowest BCUT2D eigenvalue weighted by Crippen LogP contribution is -2.33. The van der Waals surface area contributed by atoms with Gasteiger partial charge in [-0.15, -0.1) is 0 Å². The molecule has 0 spiro atoms. The Labute approximate surface area is 192 Å². The van der Waals surface area contributed by atoms with Crippen molar-refractivity contribution in [1.29, 1.82) is 0 Å². The van der Waals surface area contributed by atoms with E-state index in [1.165, 1.54) is 4.31 Å². The number of carbonyl (C=O) groups is 1. The fraction of sp³-hybridized carbons (Fsp3) is 0.348. The largest absolute Gasteiger partial charge is 0.481 e. The second-order valence-corrected chi connectivity index (χ2v) is 9.85. The van der Waals surface area contributed by atoms with Crippen LogP contribution in [0.4, 0.5) is 11.4 Å². The van der Waals surface area contributed by atoms with Crippen LogP contribution < -0.4 is 14.4 Å². The molecule has 1 aliphatic heterocycles. The summed E-state index contributed by atoms with van der Waals surface area (Å²) in [5.74, 6) is 1.33. The van der Waals surface area contributed by atoms with Crippen LogP contribution in [0.25, 0.3) is 11.4 Å². The van der Waals surface area contributed by atoms with Crippen LogP contribution in [-0.4, -0.2) is 42.9 Å². The summed E-state index contributed by atoms with van der Waals surface area (Å²) >= 11 is 0. The maximum atomic E-state index is 12.9. The van der Waals surface area contributed by atoms with Gasteiger partial charge in [-0.1, -0.05) is 30.6 Å². The maximum Gasteiger partial charge on any atom is 0.265 e. The van der Waals surface area contributed by atoms with E-state index >= 15 is 0 Å². The van der Waals surface area contributed by atoms with Crippen molar-refractivity contribution >= 4 is 27.3 Å². The number of hydrogen-bond donors (Lipinski definition) is 1. The number of carbonyl (C=O) groups excluding carboxylic acids is 1. The van der Waals surface area contributed by atoms with E-state index in [2.05, 4.69) is 15.5 Å². The standard InChI is InChI=1S/C23H26N4O5S/c1-3-6-21(31-20-8-4-7-17(15-20)22-24-16(2)32-26-22)23(28)25-18-9-11-19(12-10-18)27-13-5-14-33(27,29)30/h4,7-12,15,21H,3,5-6,13-14H2,1-2H3,(H,25,28). The van der Waals surface area contributed by atoms with Gasteiger partial charge in [-0.2, -0.15) is 4.98 Å². The summed E-state index contributed by atoms with van der Waals surface area (Å²) in [5.41, 5.74) is 1.90. The number of ether oxygens (including phenoxy) is 1. The smallest absolute Gasteiger partial charge is 0.265 e. The highest BCUT2D eigenvalue weighted by Crippen LogP contribution is 2.26. The monoisotopic (exact) mass is 470 g/mol. The number of hydrogen-bond acceptors (Lipinski definition) is 7. The van der Waals surface area contributed by atoms with E-state index in [4.69, 9.17) is 9.26 Å². The van der Waals surface area contributed by atoms with E-state index in [1.54, 1.807) is 43.3 Å². The minimum Gasteiger partial charge on any atom is -0.481 e. The number of benzene rings is 2. The van der Waals surface area contributed by atoms with Crippen LogP contribution in [0.2, 0.25) is 0 Å². The molecule has 1 atom stereocenters. The first-order valence-corrected chi connectivity index (χ1v) is 12.5. The molecule has 9 nitrogen and oxygen atoms in total. The molecule has 2 heterocycles. The maximum absolute atomic E-state index is 12.9. The van der Waals surface area contributed by atoms with Crippen molar-refractivity contribution in [2.24, 2.45) is 0 Å². The Hall–Kier alpha value is -3.40. The summed E-state index contributed by atoms with van der Waals surface area (Å²) in [5, 5.41) is 6.78. The highest BCUT2D eigenvalue weighted by Gasteiger charge is 2.28. The van der Waals surface area contributed by atoms with Crippen LogP contribution in [0, 0.1) is 6.92 Å². The first-order valence-electron chi connectivity index (χ1n) is 10.8. The third kappa shape index (κ3) is 5.33. The average Bonchev–Trinajstić information content (AvgIpc) is 3.39. The number of aromatic nitrogens is 2. The Morgan fingerprint density at radius 1 is 1.24 bits per heavy atom. The van der Waals surface area contributed by atoms with Gasteiger partial charge >= 0.3 is 0 Å². The zero-order valence-electron chi connectivity index (χ0n) is 18.5. The van der Waals surface area contributed by atoms with Crippen LogP contribution in [0.3, 0.4) is 0 Å². The van der Waals surface area contributed by atoms with Gasteiger partial charge in [0.1, 0.15) is 5.75 Å². The van der Waals surface area contributed by atoms with Crippen LogP contribution in [-0.2, 0) is 14.8 Å². The van der Waals surface area contributed by atoms with Crippen molar-refractivity contribution in [3.05, 3.63) is 54.4 Å². The van der Waals surface area contributed by atoms with E-state index < -0.39 is 16.1 Å². The molecule has 0 radical (unpaired) electrons. The molecule has 1 saturated heterocycles. The molecule has 174 valence electrons. The normalized spacial score (nSPS) is 15.9. The fourth-order valence-corrected chi connectivity index (χ4v) is 5.22. The van der Waals surface area contributed by atoms with Gasteiger partial charge in [-0.3, -0.25) is 9.10 Å². The summed E-state index contributed by atoms with van der Waals surface area (Å²) in [6.45, 7) is 4.17. The number of nitrogens with one attached hydrogen (secondary N) is 1. The van der Waals surface area contributed by atoms with Crippen molar-refractivity contribution < 1.29 is 22.5 Å².